The largest absolute Gasteiger partial charge is 0.493 e. The fourth-order valence-corrected chi connectivity index (χ4v) is 3.79. The monoisotopic (exact) mass is 495 g/mol. The van der Waals surface area contributed by atoms with Gasteiger partial charge in [-0.15, -0.1) is 0 Å². The van der Waals surface area contributed by atoms with E-state index >= 15 is 0 Å². The Bertz CT molecular complexity index is 972. The van der Waals surface area contributed by atoms with Gasteiger partial charge in [0.2, 0.25) is 5.91 Å². The third kappa shape index (κ3) is 8.78. The molecular weight excluding hydrogens is 465 g/mol. The van der Waals surface area contributed by atoms with Crippen molar-refractivity contribution in [2.45, 2.75) is 45.6 Å². The number of methoxy groups -OCH3 is 2. The zero-order chi connectivity index (χ0) is 24.6. The maximum atomic E-state index is 13.0. The van der Waals surface area contributed by atoms with Gasteiger partial charge in [-0.05, 0) is 69.0 Å². The molecule has 0 saturated carbocycles. The van der Waals surface area contributed by atoms with Crippen LogP contribution in [0.1, 0.15) is 38.3 Å². The maximum absolute atomic E-state index is 13.0. The molecule has 0 saturated heterocycles. The molecule has 1 N–H and O–H groups in total. The quantitative estimate of drug-likeness (QED) is 0.455. The summed E-state index contributed by atoms with van der Waals surface area (Å²) in [5.41, 5.74) is 1.09. The smallest absolute Gasteiger partial charge is 0.307 e. The molecule has 0 aliphatic heterocycles. The van der Waals surface area contributed by atoms with E-state index in [1.807, 2.05) is 18.2 Å². The zero-order valence-corrected chi connectivity index (χ0v) is 21.2. The van der Waals surface area contributed by atoms with Crippen molar-refractivity contribution in [3.63, 3.8) is 0 Å². The first-order valence-electron chi connectivity index (χ1n) is 10.7. The van der Waals surface area contributed by atoms with Crippen molar-refractivity contribution in [1.29, 1.82) is 0 Å². The molecule has 33 heavy (non-hydrogen) atoms. The summed E-state index contributed by atoms with van der Waals surface area (Å²) in [5, 5.41) is 3.89. The lowest BCUT2D eigenvalue weighted by Gasteiger charge is -2.22. The molecule has 0 aliphatic carbocycles. The van der Waals surface area contributed by atoms with Crippen molar-refractivity contribution in [3.8, 4) is 11.5 Å². The second-order valence-electron chi connectivity index (χ2n) is 8.66. The molecule has 0 spiro atoms. The standard InChI is InChI=1S/C25H31Cl2NO5/c1-25(2,3)33-23(29)14-18(13-17-7-8-19(26)15-20(17)27)24(30)28-11-10-16-6-9-21(31-4)22(12-16)32-5/h6-9,12,15,18H,10-11,13-14H2,1-5H3,(H,28,30)/t18-/m0/s1. The second kappa shape index (κ2) is 12.1. The third-order valence-corrected chi connectivity index (χ3v) is 5.43. The topological polar surface area (TPSA) is 73.9 Å². The van der Waals surface area contributed by atoms with Crippen LogP contribution in [0.5, 0.6) is 11.5 Å². The zero-order valence-electron chi connectivity index (χ0n) is 19.7. The summed E-state index contributed by atoms with van der Waals surface area (Å²) in [7, 11) is 3.15. The molecule has 2 aromatic rings. The molecule has 180 valence electrons. The van der Waals surface area contributed by atoms with Crippen LogP contribution in [0.3, 0.4) is 0 Å². The van der Waals surface area contributed by atoms with Crippen molar-refractivity contribution in [3.05, 3.63) is 57.6 Å². The molecule has 0 aromatic heterocycles. The number of nitrogens with one attached hydrogen (secondary N) is 1. The summed E-state index contributed by atoms with van der Waals surface area (Å²) in [6, 6.07) is 10.7. The highest BCUT2D eigenvalue weighted by Gasteiger charge is 2.26. The summed E-state index contributed by atoms with van der Waals surface area (Å²) >= 11 is 12.3. The minimum absolute atomic E-state index is 0.0571. The first-order chi connectivity index (χ1) is 15.5. The number of ether oxygens (including phenoxy) is 3. The van der Waals surface area contributed by atoms with Crippen LogP contribution in [0.4, 0.5) is 0 Å². The molecule has 6 nitrogen and oxygen atoms in total. The summed E-state index contributed by atoms with van der Waals surface area (Å²) in [6.45, 7) is 5.77. The van der Waals surface area contributed by atoms with Crippen molar-refractivity contribution in [2.24, 2.45) is 5.92 Å². The van der Waals surface area contributed by atoms with E-state index in [2.05, 4.69) is 5.32 Å². The molecule has 0 unspecified atom stereocenters. The van der Waals surface area contributed by atoms with E-state index in [-0.39, 0.29) is 18.7 Å². The number of amides is 1. The summed E-state index contributed by atoms with van der Waals surface area (Å²) < 4.78 is 16.0. The third-order valence-electron chi connectivity index (χ3n) is 4.85. The Morgan fingerprint density at radius 2 is 1.70 bits per heavy atom. The van der Waals surface area contributed by atoms with Crippen LogP contribution in [0, 0.1) is 5.92 Å². The van der Waals surface area contributed by atoms with Gasteiger partial charge in [0.05, 0.1) is 26.6 Å². The maximum Gasteiger partial charge on any atom is 0.307 e. The minimum Gasteiger partial charge on any atom is -0.493 e. The highest BCUT2D eigenvalue weighted by Crippen LogP contribution is 2.28. The van der Waals surface area contributed by atoms with Crippen molar-refractivity contribution in [2.75, 3.05) is 20.8 Å². The molecule has 1 amide bonds. The number of benzene rings is 2. The SMILES string of the molecule is COc1ccc(CCNC(=O)[C@H](CC(=O)OC(C)(C)C)Cc2ccc(Cl)cc2Cl)cc1OC. The van der Waals surface area contributed by atoms with E-state index in [9.17, 15) is 9.59 Å². The molecule has 2 rings (SSSR count). The van der Waals surface area contributed by atoms with Crippen LogP contribution in [0.2, 0.25) is 10.0 Å². The summed E-state index contributed by atoms with van der Waals surface area (Å²) in [5.74, 6) is -0.0482. The number of carbonyl (C=O) groups excluding carboxylic acids is 2. The Morgan fingerprint density at radius 1 is 1.00 bits per heavy atom. The van der Waals surface area contributed by atoms with Gasteiger partial charge in [-0.2, -0.15) is 0 Å². The summed E-state index contributed by atoms with van der Waals surface area (Å²) in [4.78, 5) is 25.5. The lowest BCUT2D eigenvalue weighted by atomic mass is 9.95. The van der Waals surface area contributed by atoms with Gasteiger partial charge in [-0.3, -0.25) is 9.59 Å². The van der Waals surface area contributed by atoms with Gasteiger partial charge in [-0.1, -0.05) is 35.3 Å². The van der Waals surface area contributed by atoms with E-state index in [1.54, 1.807) is 53.2 Å². The Labute approximate surface area is 205 Å². The predicted octanol–water partition coefficient (Wildman–Crippen LogP) is 5.26. The lowest BCUT2D eigenvalue weighted by molar-refractivity contribution is -0.157. The fraction of sp³-hybridized carbons (Fsp3) is 0.440. The lowest BCUT2D eigenvalue weighted by Crippen LogP contribution is -2.36. The number of hydrogen-bond acceptors (Lipinski definition) is 5. The number of esters is 1. The minimum atomic E-state index is -0.635. The van der Waals surface area contributed by atoms with Crippen LogP contribution in [0.25, 0.3) is 0 Å². The van der Waals surface area contributed by atoms with Gasteiger partial charge in [0.25, 0.3) is 0 Å². The predicted molar refractivity (Wildman–Crippen MR) is 130 cm³/mol. The van der Waals surface area contributed by atoms with Gasteiger partial charge in [0.15, 0.2) is 11.5 Å². The van der Waals surface area contributed by atoms with E-state index in [0.29, 0.717) is 34.5 Å². The Balaban J connectivity index is 2.07. The molecule has 2 aromatic carbocycles. The van der Waals surface area contributed by atoms with E-state index in [0.717, 1.165) is 11.1 Å². The first-order valence-corrected chi connectivity index (χ1v) is 11.4. The van der Waals surface area contributed by atoms with Gasteiger partial charge < -0.3 is 19.5 Å². The second-order valence-corrected chi connectivity index (χ2v) is 9.50. The van der Waals surface area contributed by atoms with Crippen LogP contribution >= 0.6 is 23.2 Å². The number of rotatable bonds is 10. The Morgan fingerprint density at radius 3 is 2.30 bits per heavy atom. The Kier molecular flexibility index (Phi) is 9.87. The van der Waals surface area contributed by atoms with Crippen molar-refractivity contribution < 1.29 is 23.8 Å². The first kappa shape index (κ1) is 26.8. The highest BCUT2D eigenvalue weighted by molar-refractivity contribution is 6.35. The molecular formula is C25H31Cl2NO5. The fourth-order valence-electron chi connectivity index (χ4n) is 3.31. The van der Waals surface area contributed by atoms with Gasteiger partial charge in [-0.25, -0.2) is 0 Å². The van der Waals surface area contributed by atoms with Gasteiger partial charge in [0.1, 0.15) is 5.60 Å². The molecule has 0 fully saturated rings. The van der Waals surface area contributed by atoms with E-state index in [1.165, 1.54) is 0 Å². The molecule has 0 radical (unpaired) electrons. The van der Waals surface area contributed by atoms with Crippen molar-refractivity contribution >= 4 is 35.1 Å². The number of carbonyl (C=O) groups is 2. The molecule has 0 aliphatic rings. The number of halogens is 2. The average molecular weight is 496 g/mol. The molecule has 0 heterocycles. The molecule has 0 bridgehead atoms. The van der Waals surface area contributed by atoms with E-state index in [4.69, 9.17) is 37.4 Å². The van der Waals surface area contributed by atoms with Crippen LogP contribution in [0.15, 0.2) is 36.4 Å². The molecule has 8 heteroatoms. The van der Waals surface area contributed by atoms with Gasteiger partial charge in [0, 0.05) is 16.6 Å². The van der Waals surface area contributed by atoms with Crippen molar-refractivity contribution in [1.82, 2.24) is 5.32 Å². The number of hydrogen-bond donors (Lipinski definition) is 1. The van der Waals surface area contributed by atoms with Crippen LogP contribution in [-0.4, -0.2) is 38.2 Å². The average Bonchev–Trinajstić information content (AvgIpc) is 2.73. The van der Waals surface area contributed by atoms with Gasteiger partial charge >= 0.3 is 5.97 Å². The van der Waals surface area contributed by atoms with E-state index < -0.39 is 17.5 Å². The highest BCUT2D eigenvalue weighted by atomic mass is 35.5. The van der Waals surface area contributed by atoms with Crippen LogP contribution < -0.4 is 14.8 Å². The normalized spacial score (nSPS) is 12.1. The Hall–Kier alpha value is -2.44. The molecule has 1 atom stereocenters. The van der Waals surface area contributed by atoms with Crippen LogP contribution in [-0.2, 0) is 27.2 Å². The summed E-state index contributed by atoms with van der Waals surface area (Å²) in [6.07, 6.45) is 0.822.